The number of nitrogens with zero attached hydrogens (tertiary/aromatic N) is 6. The van der Waals surface area contributed by atoms with Crippen molar-refractivity contribution in [1.29, 1.82) is 0 Å². The van der Waals surface area contributed by atoms with Crippen molar-refractivity contribution in [3.8, 4) is 34.0 Å². The highest BCUT2D eigenvalue weighted by atomic mass is 16.7. The molecule has 0 saturated carbocycles. The van der Waals surface area contributed by atoms with Gasteiger partial charge in [-0.15, -0.1) is 0 Å². The number of fused-ring (bicyclic) bond motifs is 1. The van der Waals surface area contributed by atoms with Crippen molar-refractivity contribution in [3.63, 3.8) is 0 Å². The van der Waals surface area contributed by atoms with E-state index in [0.717, 1.165) is 28.0 Å². The van der Waals surface area contributed by atoms with E-state index in [4.69, 9.17) is 23.9 Å². The molecule has 0 radical (unpaired) electrons. The summed E-state index contributed by atoms with van der Waals surface area (Å²) in [5.41, 5.74) is 4.74. The van der Waals surface area contributed by atoms with Crippen molar-refractivity contribution in [2.75, 3.05) is 34.1 Å². The maximum Gasteiger partial charge on any atom is 0.410 e. The van der Waals surface area contributed by atoms with Crippen LogP contribution in [-0.2, 0) is 16.5 Å². The number of hydrogen-bond acceptors (Lipinski definition) is 9. The normalized spacial score (nSPS) is 13.8. The summed E-state index contributed by atoms with van der Waals surface area (Å²) in [5.74, 6) is 1.35. The molecule has 0 atom stereocenters. The van der Waals surface area contributed by atoms with Gasteiger partial charge in [0.15, 0.2) is 18.1 Å². The van der Waals surface area contributed by atoms with Gasteiger partial charge in [-0.05, 0) is 45.0 Å². The van der Waals surface area contributed by atoms with Gasteiger partial charge < -0.3 is 23.8 Å². The number of rotatable bonds is 7. The Balaban J connectivity index is 1.38. The minimum absolute atomic E-state index is 0.0724. The summed E-state index contributed by atoms with van der Waals surface area (Å²) in [7, 11) is 5.03. The van der Waals surface area contributed by atoms with Crippen LogP contribution >= 0.6 is 0 Å². The SMILES string of the molecule is COCOc1cc(-c2cc(OC)c3nn(C)cc3n2)ccc1-c1ccc(C2CN(C(=O)OC(C)(C)C)C2)nn1. The quantitative estimate of drug-likeness (QED) is 0.319. The molecule has 11 heteroatoms. The standard InChI is InChI=1S/C28H32N6O5/c1-28(2,3)39-27(35)34-13-18(14-34)20-9-10-21(31-30-20)19-8-7-17(11-24(19)38-16-36-5)22-12-25(37-6)26-23(29-22)15-33(4)32-26/h7-12,15,18H,13-14,16H2,1-6H3. The third-order valence-corrected chi connectivity index (χ3v) is 6.29. The Labute approximate surface area is 226 Å². The summed E-state index contributed by atoms with van der Waals surface area (Å²) in [4.78, 5) is 18.7. The zero-order chi connectivity index (χ0) is 27.7. The average Bonchev–Trinajstić information content (AvgIpc) is 3.25. The van der Waals surface area contributed by atoms with E-state index in [2.05, 4.69) is 15.3 Å². The average molecular weight is 533 g/mol. The van der Waals surface area contributed by atoms with Crippen LogP contribution in [0.4, 0.5) is 4.79 Å². The van der Waals surface area contributed by atoms with Crippen LogP contribution in [0.15, 0.2) is 42.6 Å². The monoisotopic (exact) mass is 532 g/mol. The van der Waals surface area contributed by atoms with Crippen molar-refractivity contribution >= 4 is 17.1 Å². The van der Waals surface area contributed by atoms with Crippen LogP contribution in [-0.4, -0.2) is 75.7 Å². The van der Waals surface area contributed by atoms with Crippen molar-refractivity contribution < 1.29 is 23.7 Å². The van der Waals surface area contributed by atoms with E-state index in [-0.39, 0.29) is 18.8 Å². The van der Waals surface area contributed by atoms with E-state index in [0.29, 0.717) is 35.8 Å². The van der Waals surface area contributed by atoms with Crippen LogP contribution in [0, 0.1) is 0 Å². The Hall–Kier alpha value is -4.25. The van der Waals surface area contributed by atoms with Crippen LogP contribution in [0.1, 0.15) is 32.4 Å². The number of pyridine rings is 1. The van der Waals surface area contributed by atoms with Crippen LogP contribution in [0.25, 0.3) is 33.5 Å². The van der Waals surface area contributed by atoms with Crippen LogP contribution < -0.4 is 9.47 Å². The van der Waals surface area contributed by atoms with Gasteiger partial charge in [-0.2, -0.15) is 15.3 Å². The smallest absolute Gasteiger partial charge is 0.410 e. The van der Waals surface area contributed by atoms with E-state index in [1.807, 2.05) is 70.4 Å². The summed E-state index contributed by atoms with van der Waals surface area (Å²) in [6.07, 6.45) is 1.54. The van der Waals surface area contributed by atoms with Gasteiger partial charge in [-0.3, -0.25) is 4.68 Å². The maximum absolute atomic E-state index is 12.2. The van der Waals surface area contributed by atoms with E-state index in [9.17, 15) is 4.79 Å². The fourth-order valence-corrected chi connectivity index (χ4v) is 4.37. The number of methoxy groups -OCH3 is 2. The van der Waals surface area contributed by atoms with Crippen LogP contribution in [0.2, 0.25) is 0 Å². The molecule has 1 amide bonds. The van der Waals surface area contributed by atoms with Gasteiger partial charge in [0.2, 0.25) is 0 Å². The molecule has 3 aromatic heterocycles. The molecule has 5 rings (SSSR count). The van der Waals surface area contributed by atoms with Gasteiger partial charge in [0, 0.05) is 50.4 Å². The number of benzene rings is 1. The lowest BCUT2D eigenvalue weighted by molar-refractivity contribution is 0.00780. The molecule has 1 aliphatic rings. The summed E-state index contributed by atoms with van der Waals surface area (Å²) in [6.45, 7) is 6.75. The first kappa shape index (κ1) is 26.4. The molecule has 39 heavy (non-hydrogen) atoms. The molecule has 11 nitrogen and oxygen atoms in total. The van der Waals surface area contributed by atoms with Gasteiger partial charge >= 0.3 is 6.09 Å². The topological polar surface area (TPSA) is 114 Å². The first-order valence-corrected chi connectivity index (χ1v) is 12.6. The number of likely N-dealkylation sites (tertiary alicyclic amines) is 1. The second-order valence-corrected chi connectivity index (χ2v) is 10.4. The molecule has 1 fully saturated rings. The molecular weight excluding hydrogens is 500 g/mol. The second kappa shape index (κ2) is 10.5. The van der Waals surface area contributed by atoms with Gasteiger partial charge in [-0.1, -0.05) is 6.07 Å². The predicted octanol–water partition coefficient (Wildman–Crippen LogP) is 4.42. The second-order valence-electron chi connectivity index (χ2n) is 10.4. The number of carbonyl (C=O) groups is 1. The van der Waals surface area contributed by atoms with E-state index in [1.54, 1.807) is 23.8 Å². The van der Waals surface area contributed by atoms with E-state index < -0.39 is 5.60 Å². The molecule has 1 aromatic carbocycles. The molecule has 4 heterocycles. The zero-order valence-electron chi connectivity index (χ0n) is 23.0. The summed E-state index contributed by atoms with van der Waals surface area (Å²) >= 11 is 0. The van der Waals surface area contributed by atoms with Gasteiger partial charge in [-0.25, -0.2) is 9.78 Å². The molecular formula is C28H32N6O5. The summed E-state index contributed by atoms with van der Waals surface area (Å²) in [6, 6.07) is 11.5. The van der Waals surface area contributed by atoms with Crippen molar-refractivity contribution in [1.82, 2.24) is 29.9 Å². The fourth-order valence-electron chi connectivity index (χ4n) is 4.37. The Morgan fingerprint density at radius 2 is 1.82 bits per heavy atom. The van der Waals surface area contributed by atoms with Gasteiger partial charge in [0.05, 0.1) is 30.4 Å². The fraction of sp³-hybridized carbons (Fsp3) is 0.393. The molecule has 1 aliphatic heterocycles. The predicted molar refractivity (Wildman–Crippen MR) is 145 cm³/mol. The van der Waals surface area contributed by atoms with E-state index >= 15 is 0 Å². The summed E-state index contributed by atoms with van der Waals surface area (Å²) in [5, 5.41) is 13.4. The Morgan fingerprint density at radius 1 is 1.03 bits per heavy atom. The number of carbonyl (C=O) groups excluding carboxylic acids is 1. The van der Waals surface area contributed by atoms with E-state index in [1.165, 1.54) is 0 Å². The third-order valence-electron chi connectivity index (χ3n) is 6.29. The minimum Gasteiger partial charge on any atom is -0.494 e. The number of hydrogen-bond donors (Lipinski definition) is 0. The summed E-state index contributed by atoms with van der Waals surface area (Å²) < 4.78 is 23.8. The molecule has 204 valence electrons. The third kappa shape index (κ3) is 5.63. The molecule has 0 spiro atoms. The van der Waals surface area contributed by atoms with Gasteiger partial charge in [0.1, 0.15) is 16.9 Å². The number of ether oxygens (including phenoxy) is 4. The lowest BCUT2D eigenvalue weighted by Crippen LogP contribution is -2.50. The molecule has 0 N–H and O–H groups in total. The van der Waals surface area contributed by atoms with Gasteiger partial charge in [0.25, 0.3) is 0 Å². The Bertz CT molecular complexity index is 1490. The van der Waals surface area contributed by atoms with Crippen molar-refractivity contribution in [2.24, 2.45) is 7.05 Å². The molecule has 0 bridgehead atoms. The highest BCUT2D eigenvalue weighted by Crippen LogP contribution is 2.36. The number of aromatic nitrogens is 5. The Morgan fingerprint density at radius 3 is 2.49 bits per heavy atom. The number of aryl methyl sites for hydroxylation is 1. The number of amides is 1. The van der Waals surface area contributed by atoms with Crippen molar-refractivity contribution in [2.45, 2.75) is 32.3 Å². The minimum atomic E-state index is -0.518. The zero-order valence-corrected chi connectivity index (χ0v) is 23.0. The highest BCUT2D eigenvalue weighted by Gasteiger charge is 2.35. The molecule has 1 saturated heterocycles. The lowest BCUT2D eigenvalue weighted by Gasteiger charge is -2.39. The maximum atomic E-state index is 12.2. The lowest BCUT2D eigenvalue weighted by atomic mass is 9.96. The Kier molecular flexibility index (Phi) is 7.09. The highest BCUT2D eigenvalue weighted by molar-refractivity contribution is 5.85. The first-order valence-electron chi connectivity index (χ1n) is 12.6. The first-order chi connectivity index (χ1) is 18.6. The largest absolute Gasteiger partial charge is 0.494 e. The van der Waals surface area contributed by atoms with Crippen LogP contribution in [0.5, 0.6) is 11.5 Å². The molecule has 0 aliphatic carbocycles. The molecule has 0 unspecified atom stereocenters. The molecule has 4 aromatic rings. The van der Waals surface area contributed by atoms with Crippen LogP contribution in [0.3, 0.4) is 0 Å². The van der Waals surface area contributed by atoms with Crippen molar-refractivity contribution in [3.05, 3.63) is 48.3 Å².